The van der Waals surface area contributed by atoms with Gasteiger partial charge in [0.2, 0.25) is 11.8 Å². The predicted octanol–water partition coefficient (Wildman–Crippen LogP) is 2.56. The molecular formula is C15H14Cl2N2O3. The Morgan fingerprint density at radius 2 is 1.86 bits per heavy atom. The zero-order valence-electron chi connectivity index (χ0n) is 11.6. The van der Waals surface area contributed by atoms with Crippen molar-refractivity contribution >= 4 is 35.0 Å². The number of amides is 2. The molecule has 0 spiro atoms. The molecule has 0 saturated heterocycles. The van der Waals surface area contributed by atoms with Gasteiger partial charge in [-0.15, -0.1) is 0 Å². The minimum Gasteiger partial charge on any atom is -0.467 e. The van der Waals surface area contributed by atoms with Gasteiger partial charge in [0.25, 0.3) is 0 Å². The molecule has 0 bridgehead atoms. The van der Waals surface area contributed by atoms with Crippen molar-refractivity contribution in [1.82, 2.24) is 10.6 Å². The van der Waals surface area contributed by atoms with Gasteiger partial charge in [0, 0.05) is 0 Å². The lowest BCUT2D eigenvalue weighted by atomic mass is 10.1. The van der Waals surface area contributed by atoms with Gasteiger partial charge in [-0.05, 0) is 29.8 Å². The van der Waals surface area contributed by atoms with E-state index in [9.17, 15) is 9.59 Å². The molecule has 7 heteroatoms. The van der Waals surface area contributed by atoms with Crippen LogP contribution in [0.25, 0.3) is 0 Å². The van der Waals surface area contributed by atoms with Crippen LogP contribution < -0.4 is 10.6 Å². The van der Waals surface area contributed by atoms with Crippen LogP contribution in [0.15, 0.2) is 41.0 Å². The molecule has 0 aliphatic carbocycles. The first kappa shape index (κ1) is 16.4. The van der Waals surface area contributed by atoms with Crippen LogP contribution >= 0.6 is 23.2 Å². The molecule has 5 nitrogen and oxygen atoms in total. The Hall–Kier alpha value is -1.98. The number of carbonyl (C=O) groups excluding carboxylic acids is 2. The number of nitrogens with one attached hydrogen (secondary N) is 2. The van der Waals surface area contributed by atoms with Gasteiger partial charge in [-0.1, -0.05) is 29.3 Å². The highest BCUT2D eigenvalue weighted by molar-refractivity contribution is 6.42. The largest absolute Gasteiger partial charge is 0.467 e. The molecule has 2 N–H and O–H groups in total. The minimum absolute atomic E-state index is 0.0964. The van der Waals surface area contributed by atoms with Crippen LogP contribution in [0, 0.1) is 0 Å². The Labute approximate surface area is 137 Å². The highest BCUT2D eigenvalue weighted by atomic mass is 35.5. The SMILES string of the molecule is O=C(CNC(=O)Cc1ccc(Cl)c(Cl)c1)NCc1ccco1. The normalized spacial score (nSPS) is 10.3. The lowest BCUT2D eigenvalue weighted by Gasteiger charge is -2.06. The van der Waals surface area contributed by atoms with Crippen molar-refractivity contribution in [2.75, 3.05) is 6.54 Å². The van der Waals surface area contributed by atoms with Crippen LogP contribution in [0.5, 0.6) is 0 Å². The molecule has 0 saturated carbocycles. The molecule has 0 aliphatic heterocycles. The second-order valence-electron chi connectivity index (χ2n) is 4.56. The molecule has 2 rings (SSSR count). The van der Waals surface area contributed by atoms with Crippen LogP contribution in [0.1, 0.15) is 11.3 Å². The van der Waals surface area contributed by atoms with E-state index in [4.69, 9.17) is 27.6 Å². The molecule has 1 aromatic carbocycles. The van der Waals surface area contributed by atoms with Crippen molar-refractivity contribution in [3.8, 4) is 0 Å². The molecule has 0 fully saturated rings. The summed E-state index contributed by atoms with van der Waals surface area (Å²) in [4.78, 5) is 23.3. The highest BCUT2D eigenvalue weighted by Gasteiger charge is 2.08. The molecule has 2 aromatic rings. The number of benzene rings is 1. The molecular weight excluding hydrogens is 327 g/mol. The molecule has 22 heavy (non-hydrogen) atoms. The Kier molecular flexibility index (Phi) is 5.86. The van der Waals surface area contributed by atoms with E-state index in [1.807, 2.05) is 0 Å². The summed E-state index contributed by atoms with van der Waals surface area (Å²) in [7, 11) is 0. The lowest BCUT2D eigenvalue weighted by molar-refractivity contribution is -0.125. The summed E-state index contributed by atoms with van der Waals surface area (Å²) >= 11 is 11.7. The molecule has 2 amide bonds. The molecule has 0 aliphatic rings. The molecule has 0 unspecified atom stereocenters. The van der Waals surface area contributed by atoms with Crippen LogP contribution in [-0.2, 0) is 22.6 Å². The van der Waals surface area contributed by atoms with Gasteiger partial charge in [-0.2, -0.15) is 0 Å². The summed E-state index contributed by atoms with van der Waals surface area (Å²) in [5.41, 5.74) is 0.725. The van der Waals surface area contributed by atoms with Gasteiger partial charge < -0.3 is 15.1 Å². The van der Waals surface area contributed by atoms with E-state index in [2.05, 4.69) is 10.6 Å². The lowest BCUT2D eigenvalue weighted by Crippen LogP contribution is -2.37. The number of hydrogen-bond donors (Lipinski definition) is 2. The molecule has 1 aromatic heterocycles. The Morgan fingerprint density at radius 3 is 2.55 bits per heavy atom. The summed E-state index contributed by atoms with van der Waals surface area (Å²) in [6.45, 7) is 0.190. The highest BCUT2D eigenvalue weighted by Crippen LogP contribution is 2.22. The van der Waals surface area contributed by atoms with Crippen LogP contribution in [0.4, 0.5) is 0 Å². The van der Waals surface area contributed by atoms with Gasteiger partial charge in [0.05, 0.1) is 35.8 Å². The maximum absolute atomic E-state index is 11.8. The first-order valence-electron chi connectivity index (χ1n) is 6.54. The number of furan rings is 1. The molecule has 0 radical (unpaired) electrons. The number of rotatable bonds is 6. The maximum Gasteiger partial charge on any atom is 0.239 e. The van der Waals surface area contributed by atoms with E-state index >= 15 is 0 Å². The third kappa shape index (κ3) is 5.09. The van der Waals surface area contributed by atoms with E-state index in [-0.39, 0.29) is 31.3 Å². The summed E-state index contributed by atoms with van der Waals surface area (Å²) in [6.07, 6.45) is 1.66. The minimum atomic E-state index is -0.293. The summed E-state index contributed by atoms with van der Waals surface area (Å²) < 4.78 is 5.08. The molecule has 1 heterocycles. The van der Waals surface area contributed by atoms with Crippen LogP contribution in [0.2, 0.25) is 10.0 Å². The van der Waals surface area contributed by atoms with Crippen molar-refractivity contribution in [3.05, 3.63) is 58.0 Å². The van der Waals surface area contributed by atoms with Crippen LogP contribution in [0.3, 0.4) is 0 Å². The van der Waals surface area contributed by atoms with Crippen molar-refractivity contribution in [3.63, 3.8) is 0 Å². The van der Waals surface area contributed by atoms with E-state index < -0.39 is 0 Å². The van der Waals surface area contributed by atoms with Crippen molar-refractivity contribution in [1.29, 1.82) is 0 Å². The summed E-state index contributed by atoms with van der Waals surface area (Å²) in [6, 6.07) is 8.46. The van der Waals surface area contributed by atoms with E-state index in [0.29, 0.717) is 15.8 Å². The Balaban J connectivity index is 1.72. The van der Waals surface area contributed by atoms with Gasteiger partial charge >= 0.3 is 0 Å². The van der Waals surface area contributed by atoms with Crippen molar-refractivity contribution < 1.29 is 14.0 Å². The fraction of sp³-hybridized carbons (Fsp3) is 0.200. The second-order valence-corrected chi connectivity index (χ2v) is 5.37. The zero-order valence-corrected chi connectivity index (χ0v) is 13.1. The average Bonchev–Trinajstić information content (AvgIpc) is 3.00. The van der Waals surface area contributed by atoms with Gasteiger partial charge in [-0.3, -0.25) is 9.59 Å². The van der Waals surface area contributed by atoms with Gasteiger partial charge in [0.1, 0.15) is 5.76 Å². The second kappa shape index (κ2) is 7.87. The molecule has 116 valence electrons. The number of hydrogen-bond acceptors (Lipinski definition) is 3. The standard InChI is InChI=1S/C15H14Cl2N2O3/c16-12-4-3-10(6-13(12)17)7-14(20)19-9-15(21)18-8-11-2-1-5-22-11/h1-6H,7-9H2,(H,18,21)(H,19,20). The Morgan fingerprint density at radius 1 is 1.05 bits per heavy atom. The number of carbonyl (C=O) groups is 2. The summed E-state index contributed by atoms with van der Waals surface area (Å²) in [5.74, 6) is 0.0842. The number of halogens is 2. The third-order valence-electron chi connectivity index (χ3n) is 2.83. The first-order valence-corrected chi connectivity index (χ1v) is 7.30. The average molecular weight is 341 g/mol. The monoisotopic (exact) mass is 340 g/mol. The fourth-order valence-corrected chi connectivity index (χ4v) is 2.06. The molecule has 0 atom stereocenters. The maximum atomic E-state index is 11.8. The smallest absolute Gasteiger partial charge is 0.239 e. The first-order chi connectivity index (χ1) is 10.5. The van der Waals surface area contributed by atoms with E-state index in [1.165, 1.54) is 6.26 Å². The van der Waals surface area contributed by atoms with Crippen molar-refractivity contribution in [2.24, 2.45) is 0 Å². The van der Waals surface area contributed by atoms with Gasteiger partial charge in [-0.25, -0.2) is 0 Å². The topological polar surface area (TPSA) is 71.3 Å². The van der Waals surface area contributed by atoms with Crippen LogP contribution in [-0.4, -0.2) is 18.4 Å². The van der Waals surface area contributed by atoms with Gasteiger partial charge in [0.15, 0.2) is 0 Å². The van der Waals surface area contributed by atoms with E-state index in [0.717, 1.165) is 5.56 Å². The van der Waals surface area contributed by atoms with E-state index in [1.54, 1.807) is 30.3 Å². The summed E-state index contributed by atoms with van der Waals surface area (Å²) in [5, 5.41) is 6.00. The van der Waals surface area contributed by atoms with Crippen molar-refractivity contribution in [2.45, 2.75) is 13.0 Å². The fourth-order valence-electron chi connectivity index (χ4n) is 1.74. The third-order valence-corrected chi connectivity index (χ3v) is 3.57. The predicted molar refractivity (Wildman–Crippen MR) is 83.7 cm³/mol. The Bertz CT molecular complexity index is 657. The quantitative estimate of drug-likeness (QED) is 0.848. The zero-order chi connectivity index (χ0) is 15.9.